The van der Waals surface area contributed by atoms with Crippen LogP contribution in [0.1, 0.15) is 133 Å². The van der Waals surface area contributed by atoms with Gasteiger partial charge in [0.05, 0.1) is 44.1 Å². The van der Waals surface area contributed by atoms with E-state index in [1.165, 1.54) is 30.9 Å². The van der Waals surface area contributed by atoms with Crippen LogP contribution in [0.25, 0.3) is 5.70 Å². The van der Waals surface area contributed by atoms with Crippen LogP contribution >= 0.6 is 0 Å². The molecule has 7 rings (SSSR count). The first kappa shape index (κ1) is 48.9. The molecule has 3 aromatic rings. The number of amides is 4. The number of allylic oxidation sites excluding steroid dienone is 1. The van der Waals surface area contributed by atoms with Gasteiger partial charge in [0.15, 0.2) is 5.78 Å². The molecule has 4 aliphatic rings. The van der Waals surface area contributed by atoms with Gasteiger partial charge in [0.25, 0.3) is 0 Å². The number of nitrogens with zero attached hydrogens (tertiary/aromatic N) is 4. The summed E-state index contributed by atoms with van der Waals surface area (Å²) < 4.78 is 9.58. The Morgan fingerprint density at radius 3 is 1.73 bits per heavy atom. The fraction of sp³-hybridized carbons (Fsp3) is 0.519. The van der Waals surface area contributed by atoms with Crippen molar-refractivity contribution in [3.8, 4) is 0 Å². The predicted molar refractivity (Wildman–Crippen MR) is 262 cm³/mol. The van der Waals surface area contributed by atoms with E-state index in [1.807, 2.05) is 32.6 Å². The average molecular weight is 915 g/mol. The summed E-state index contributed by atoms with van der Waals surface area (Å²) in [4.78, 5) is 76.5. The van der Waals surface area contributed by atoms with Crippen molar-refractivity contribution < 1.29 is 33.4 Å². The van der Waals surface area contributed by atoms with Crippen molar-refractivity contribution in [1.29, 1.82) is 0 Å². The van der Waals surface area contributed by atoms with Gasteiger partial charge in [-0.15, -0.1) is 0 Å². The third kappa shape index (κ3) is 10.9. The van der Waals surface area contributed by atoms with E-state index in [4.69, 9.17) is 14.5 Å². The number of hydrogen-bond donors (Lipinski definition) is 2. The highest BCUT2D eigenvalue weighted by Crippen LogP contribution is 2.47. The van der Waals surface area contributed by atoms with Crippen LogP contribution < -0.4 is 15.5 Å². The largest absolute Gasteiger partial charge is 0.453 e. The number of hydrogen-bond acceptors (Lipinski definition) is 9. The Morgan fingerprint density at radius 1 is 0.672 bits per heavy atom. The number of ether oxygens (including phenoxy) is 2. The van der Waals surface area contributed by atoms with Gasteiger partial charge in [-0.1, -0.05) is 115 Å². The van der Waals surface area contributed by atoms with Crippen molar-refractivity contribution in [2.24, 2.45) is 16.8 Å². The molecular formula is C54H70N6O7. The van der Waals surface area contributed by atoms with E-state index in [2.05, 4.69) is 115 Å². The first-order valence-corrected chi connectivity index (χ1v) is 24.2. The van der Waals surface area contributed by atoms with E-state index < -0.39 is 30.3 Å². The highest BCUT2D eigenvalue weighted by atomic mass is 16.5. The van der Waals surface area contributed by atoms with E-state index in [0.717, 1.165) is 60.3 Å². The van der Waals surface area contributed by atoms with Crippen LogP contribution in [0.4, 0.5) is 15.3 Å². The number of anilines is 1. The number of nitrogens with one attached hydrogen (secondary N) is 2. The summed E-state index contributed by atoms with van der Waals surface area (Å²) >= 11 is 0. The van der Waals surface area contributed by atoms with Crippen LogP contribution in [-0.4, -0.2) is 96.8 Å². The lowest BCUT2D eigenvalue weighted by atomic mass is 9.87. The Labute approximate surface area is 396 Å². The van der Waals surface area contributed by atoms with Crippen LogP contribution in [0.3, 0.4) is 0 Å². The third-order valence-electron chi connectivity index (χ3n) is 14.1. The molecule has 67 heavy (non-hydrogen) atoms. The van der Waals surface area contributed by atoms with Gasteiger partial charge in [0, 0.05) is 37.3 Å². The van der Waals surface area contributed by atoms with Crippen molar-refractivity contribution in [2.75, 3.05) is 32.2 Å². The number of alkyl carbamates (subject to hydrolysis) is 2. The first-order chi connectivity index (χ1) is 32.0. The summed E-state index contributed by atoms with van der Waals surface area (Å²) in [6.45, 7) is 15.4. The predicted octanol–water partition coefficient (Wildman–Crippen LogP) is 9.11. The lowest BCUT2D eigenvalue weighted by Gasteiger charge is -2.34. The minimum atomic E-state index is -0.773. The van der Waals surface area contributed by atoms with Gasteiger partial charge in [0.1, 0.15) is 12.1 Å². The van der Waals surface area contributed by atoms with Gasteiger partial charge in [0.2, 0.25) is 11.8 Å². The zero-order valence-electron chi connectivity index (χ0n) is 40.8. The number of carbonyl (C=O) groups excluding carboxylic acids is 5. The van der Waals surface area contributed by atoms with E-state index in [9.17, 15) is 24.0 Å². The molecule has 3 saturated heterocycles. The monoisotopic (exact) mass is 915 g/mol. The summed E-state index contributed by atoms with van der Waals surface area (Å²) in [5.41, 5.74) is 8.67. The van der Waals surface area contributed by atoms with Gasteiger partial charge < -0.3 is 34.8 Å². The van der Waals surface area contributed by atoms with Gasteiger partial charge in [-0.05, 0) is 95.7 Å². The maximum absolute atomic E-state index is 13.8. The molecular weight excluding hydrogens is 845 g/mol. The van der Waals surface area contributed by atoms with E-state index in [0.29, 0.717) is 25.9 Å². The molecule has 0 unspecified atom stereocenters. The average Bonchev–Trinajstić information content (AvgIpc) is 4.16. The molecule has 0 bridgehead atoms. The van der Waals surface area contributed by atoms with Crippen LogP contribution in [0.5, 0.6) is 0 Å². The van der Waals surface area contributed by atoms with Gasteiger partial charge in [-0.2, -0.15) is 0 Å². The quantitative estimate of drug-likeness (QED) is 0.163. The van der Waals surface area contributed by atoms with Crippen molar-refractivity contribution in [2.45, 2.75) is 141 Å². The Hall–Kier alpha value is -5.98. The summed E-state index contributed by atoms with van der Waals surface area (Å²) in [5.74, 6) is -0.617. The van der Waals surface area contributed by atoms with E-state index in [1.54, 1.807) is 4.90 Å². The summed E-state index contributed by atoms with van der Waals surface area (Å²) in [6, 6.07) is 24.3. The highest BCUT2D eigenvalue weighted by molar-refractivity contribution is 6.02. The molecule has 0 radical (unpaired) electrons. The molecule has 0 saturated carbocycles. The number of rotatable bonds is 14. The van der Waals surface area contributed by atoms with E-state index >= 15 is 0 Å². The van der Waals surface area contributed by atoms with Crippen molar-refractivity contribution in [1.82, 2.24) is 20.4 Å². The Balaban J connectivity index is 1.07. The molecule has 358 valence electrons. The lowest BCUT2D eigenvalue weighted by molar-refractivity contribution is -0.139. The molecule has 4 amide bonds. The number of carbonyl (C=O) groups is 5. The molecule has 13 heteroatoms. The second-order valence-electron chi connectivity index (χ2n) is 20.3. The molecule has 13 nitrogen and oxygen atoms in total. The molecule has 3 aromatic carbocycles. The third-order valence-corrected chi connectivity index (χ3v) is 14.1. The Kier molecular flexibility index (Phi) is 15.3. The molecule has 4 aliphatic heterocycles. The van der Waals surface area contributed by atoms with Crippen LogP contribution in [0.15, 0.2) is 83.9 Å². The fourth-order valence-electron chi connectivity index (χ4n) is 10.4. The molecule has 0 aromatic heterocycles. The molecule has 3 fully saturated rings. The minimum Gasteiger partial charge on any atom is -0.453 e. The summed E-state index contributed by atoms with van der Waals surface area (Å²) in [7, 11) is 2.58. The number of likely N-dealkylation sites (tertiary alicyclic amines) is 2. The molecule has 4 heterocycles. The SMILES string of the molecule is COC(=O)N[C@H](C(=O)N1CCC[C@H]1C(=O)Cc1ccc([C@H]2CC[C@H](c3ccc(C4=CCC([C@@H]5CCCN5C(=O)[C@@H](NC(=O)OC)C(C)C)=N4)cc3)N2c2ccc(C(C)(C)C)cc2)cc1)C(C)C. The van der Waals surface area contributed by atoms with Crippen molar-refractivity contribution in [3.05, 3.63) is 107 Å². The Morgan fingerprint density at radius 2 is 1.19 bits per heavy atom. The number of aliphatic imine (C=N–C) groups is 1. The minimum absolute atomic E-state index is 0.000186. The number of methoxy groups -OCH3 is 2. The van der Waals surface area contributed by atoms with Crippen LogP contribution in [0.2, 0.25) is 0 Å². The van der Waals surface area contributed by atoms with Crippen LogP contribution in [-0.2, 0) is 35.7 Å². The highest BCUT2D eigenvalue weighted by Gasteiger charge is 2.41. The fourth-order valence-corrected chi connectivity index (χ4v) is 10.4. The normalized spacial score (nSPS) is 21.6. The maximum Gasteiger partial charge on any atom is 0.407 e. The first-order valence-electron chi connectivity index (χ1n) is 24.2. The van der Waals surface area contributed by atoms with Gasteiger partial charge in [-0.25, -0.2) is 9.59 Å². The second kappa shape index (κ2) is 20.9. The van der Waals surface area contributed by atoms with Gasteiger partial charge >= 0.3 is 12.2 Å². The maximum atomic E-state index is 13.8. The summed E-state index contributed by atoms with van der Waals surface area (Å²) in [6.07, 6.45) is 6.72. The molecule has 0 spiro atoms. The standard InChI is InChI=1S/C54H70N6O7/c1-33(2)48(56-52(64)66-8)50(62)58-30-10-12-45(58)42-27-26-41(55-42)36-18-20-38(21-19-36)44-29-28-43(60(44)40-24-22-39(23-25-40)54(5,6)7)37-16-14-35(15-17-37)32-47(61)46-13-11-31-59(46)51(63)49(34(3)4)57-53(65)67-9/h14-26,33-34,43-46,48-49H,10-13,27-32H2,1-9H3,(H,56,64)(H,57,65)/t43-,44-,45+,46+,48+,49+/m1/s1. The molecule has 0 aliphatic carbocycles. The van der Waals surface area contributed by atoms with Crippen LogP contribution in [0, 0.1) is 11.8 Å². The molecule has 2 N–H and O–H groups in total. The van der Waals surface area contributed by atoms with Crippen molar-refractivity contribution in [3.63, 3.8) is 0 Å². The topological polar surface area (TPSA) is 150 Å². The zero-order chi connectivity index (χ0) is 48.2. The number of Topliss-reactive ketones (excluding diaryl/α,β-unsaturated/α-hetero) is 1. The lowest BCUT2D eigenvalue weighted by Crippen LogP contribution is -2.53. The smallest absolute Gasteiger partial charge is 0.407 e. The second-order valence-corrected chi connectivity index (χ2v) is 20.3. The zero-order valence-corrected chi connectivity index (χ0v) is 40.8. The van der Waals surface area contributed by atoms with E-state index in [-0.39, 0.29) is 59.4 Å². The van der Waals surface area contributed by atoms with Gasteiger partial charge in [-0.3, -0.25) is 19.4 Å². The summed E-state index contributed by atoms with van der Waals surface area (Å²) in [5, 5.41) is 5.41. The number of ketones is 1. The Bertz CT molecular complexity index is 2330. The van der Waals surface area contributed by atoms with Crippen molar-refractivity contribution >= 4 is 46.9 Å². The number of benzene rings is 3. The molecule has 6 atom stereocenters.